The number of hydrogen-bond donors (Lipinski definition) is 1. The highest BCUT2D eigenvalue weighted by Gasteiger charge is 2.23. The van der Waals surface area contributed by atoms with E-state index in [1.165, 1.54) is 54.6 Å². The Morgan fingerprint density at radius 3 is 2.79 bits per heavy atom. The minimum absolute atomic E-state index is 0.0112. The van der Waals surface area contributed by atoms with Crippen molar-refractivity contribution in [1.29, 1.82) is 0 Å². The number of methoxy groups -OCH3 is 1. The molecule has 29 heavy (non-hydrogen) atoms. The van der Waals surface area contributed by atoms with Gasteiger partial charge < -0.3 is 4.74 Å². The summed E-state index contributed by atoms with van der Waals surface area (Å²) in [6.45, 7) is 0. The summed E-state index contributed by atoms with van der Waals surface area (Å²) < 4.78 is 32.8. The van der Waals surface area contributed by atoms with Crippen molar-refractivity contribution >= 4 is 73.7 Å². The average molecular weight is 512 g/mol. The Balaban J connectivity index is 1.77. The number of halogens is 3. The maximum atomic E-state index is 12.7. The molecule has 2 aromatic heterocycles. The first-order valence-electron chi connectivity index (χ1n) is 7.86. The number of sulfonamides is 1. The van der Waals surface area contributed by atoms with Gasteiger partial charge in [-0.2, -0.15) is 0 Å². The maximum Gasteiger partial charge on any atom is 0.264 e. The minimum atomic E-state index is -4.05. The molecule has 2 heterocycles. The molecule has 3 rings (SSSR count). The molecule has 1 unspecified atom stereocenters. The number of anilines is 1. The van der Waals surface area contributed by atoms with E-state index in [9.17, 15) is 8.42 Å². The van der Waals surface area contributed by atoms with Crippen LogP contribution < -0.4 is 9.46 Å². The number of hydrogen-bond acceptors (Lipinski definition) is 8. The second-order valence-corrected chi connectivity index (χ2v) is 10.3. The summed E-state index contributed by atoms with van der Waals surface area (Å²) in [5.41, 5.74) is 0. The number of nitrogens with zero attached hydrogens (tertiary/aromatic N) is 3. The molecule has 0 bridgehead atoms. The number of benzene rings is 1. The lowest BCUT2D eigenvalue weighted by Crippen LogP contribution is -2.16. The van der Waals surface area contributed by atoms with Crippen molar-refractivity contribution in [2.45, 2.75) is 15.3 Å². The van der Waals surface area contributed by atoms with Crippen LogP contribution in [0.4, 0.5) is 5.82 Å². The van der Waals surface area contributed by atoms with Gasteiger partial charge in [0.2, 0.25) is 5.82 Å². The standard InChI is InChI=1S/C16H13Cl3N4O3S3/c1-26-15-14(23-29(24,25)11-4-2-3-9(17)13(11)19)21-7-12(22-15)28-8-10(18)16-20-5-6-27-16/h2-7,10H,8H2,1H3,(H,21,23). The van der Waals surface area contributed by atoms with Crippen LogP contribution in [0.25, 0.3) is 0 Å². The summed E-state index contributed by atoms with van der Waals surface area (Å²) >= 11 is 21.1. The van der Waals surface area contributed by atoms with Crippen LogP contribution in [0.15, 0.2) is 45.9 Å². The van der Waals surface area contributed by atoms with E-state index in [-0.39, 0.29) is 32.0 Å². The first-order valence-corrected chi connectivity index (χ1v) is 12.4. The predicted octanol–water partition coefficient (Wildman–Crippen LogP) is 5.12. The lowest BCUT2D eigenvalue weighted by atomic mass is 10.4. The monoisotopic (exact) mass is 510 g/mol. The Morgan fingerprint density at radius 2 is 2.10 bits per heavy atom. The van der Waals surface area contributed by atoms with Crippen LogP contribution in [0.3, 0.4) is 0 Å². The molecule has 0 radical (unpaired) electrons. The first-order chi connectivity index (χ1) is 13.8. The maximum absolute atomic E-state index is 12.7. The zero-order chi connectivity index (χ0) is 21.0. The summed E-state index contributed by atoms with van der Waals surface area (Å²) in [5, 5.41) is 2.93. The molecule has 0 saturated heterocycles. The van der Waals surface area contributed by atoms with Crippen LogP contribution in [0.2, 0.25) is 10.0 Å². The van der Waals surface area contributed by atoms with E-state index in [0.717, 1.165) is 5.01 Å². The van der Waals surface area contributed by atoms with Crippen LogP contribution in [-0.2, 0) is 10.0 Å². The summed E-state index contributed by atoms with van der Waals surface area (Å²) in [4.78, 5) is 12.4. The Hall–Kier alpha value is -1.30. The van der Waals surface area contributed by atoms with Gasteiger partial charge in [-0.25, -0.2) is 23.4 Å². The quantitative estimate of drug-likeness (QED) is 0.331. The van der Waals surface area contributed by atoms with E-state index in [2.05, 4.69) is 19.7 Å². The zero-order valence-electron chi connectivity index (χ0n) is 14.7. The second kappa shape index (κ2) is 9.67. The molecule has 0 spiro atoms. The fraction of sp³-hybridized carbons (Fsp3) is 0.188. The average Bonchev–Trinajstić information content (AvgIpc) is 3.23. The second-order valence-electron chi connectivity index (χ2n) is 5.37. The molecule has 0 fully saturated rings. The Bertz CT molecular complexity index is 1100. The summed E-state index contributed by atoms with van der Waals surface area (Å²) in [6.07, 6.45) is 3.12. The third-order valence-corrected chi connectivity index (χ3v) is 8.31. The van der Waals surface area contributed by atoms with Gasteiger partial charge in [-0.1, -0.05) is 29.3 Å². The number of rotatable bonds is 8. The van der Waals surface area contributed by atoms with Crippen LogP contribution in [0.1, 0.15) is 10.4 Å². The molecule has 1 aromatic carbocycles. The van der Waals surface area contributed by atoms with Gasteiger partial charge in [-0.05, 0) is 12.1 Å². The zero-order valence-corrected chi connectivity index (χ0v) is 19.4. The van der Waals surface area contributed by atoms with Crippen molar-refractivity contribution in [3.8, 4) is 5.88 Å². The molecule has 0 aliphatic heterocycles. The third kappa shape index (κ3) is 5.44. The van der Waals surface area contributed by atoms with Gasteiger partial charge in [0.1, 0.15) is 14.9 Å². The summed E-state index contributed by atoms with van der Waals surface area (Å²) in [5.74, 6) is 0.447. The van der Waals surface area contributed by atoms with E-state index in [1.54, 1.807) is 6.20 Å². The number of thioether (sulfide) groups is 1. The summed E-state index contributed by atoms with van der Waals surface area (Å²) in [7, 11) is -2.69. The van der Waals surface area contributed by atoms with Gasteiger partial charge >= 0.3 is 0 Å². The smallest absolute Gasteiger partial charge is 0.264 e. The molecule has 154 valence electrons. The lowest BCUT2D eigenvalue weighted by Gasteiger charge is -2.12. The molecule has 0 saturated carbocycles. The van der Waals surface area contributed by atoms with Crippen LogP contribution in [0.5, 0.6) is 5.88 Å². The number of thiazole rings is 1. The van der Waals surface area contributed by atoms with E-state index in [4.69, 9.17) is 39.5 Å². The van der Waals surface area contributed by atoms with E-state index >= 15 is 0 Å². The van der Waals surface area contributed by atoms with E-state index in [1.807, 2.05) is 5.38 Å². The van der Waals surface area contributed by atoms with Crippen LogP contribution in [0, 0.1) is 0 Å². The molecule has 0 aliphatic rings. The first kappa shape index (κ1) is 22.4. The molecule has 0 amide bonds. The van der Waals surface area contributed by atoms with Gasteiger partial charge in [0.15, 0.2) is 0 Å². The minimum Gasteiger partial charge on any atom is -0.478 e. The van der Waals surface area contributed by atoms with Gasteiger partial charge in [-0.3, -0.25) is 4.72 Å². The number of nitrogens with one attached hydrogen (secondary N) is 1. The molecular weight excluding hydrogens is 499 g/mol. The predicted molar refractivity (Wildman–Crippen MR) is 117 cm³/mol. The molecule has 13 heteroatoms. The molecular formula is C16H13Cl3N4O3S3. The van der Waals surface area contributed by atoms with Crippen molar-refractivity contribution in [3.63, 3.8) is 0 Å². The van der Waals surface area contributed by atoms with Gasteiger partial charge in [-0.15, -0.1) is 34.7 Å². The third-order valence-electron chi connectivity index (χ3n) is 3.45. The summed E-state index contributed by atoms with van der Waals surface area (Å²) in [6, 6.07) is 4.31. The highest BCUT2D eigenvalue weighted by molar-refractivity contribution is 7.99. The largest absolute Gasteiger partial charge is 0.478 e. The van der Waals surface area contributed by atoms with Gasteiger partial charge in [0.05, 0.1) is 28.7 Å². The number of ether oxygens (including phenoxy) is 1. The van der Waals surface area contributed by atoms with E-state index < -0.39 is 10.0 Å². The van der Waals surface area contributed by atoms with Crippen molar-refractivity contribution in [1.82, 2.24) is 15.0 Å². The van der Waals surface area contributed by atoms with Gasteiger partial charge in [0, 0.05) is 17.3 Å². The Labute approximate surface area is 190 Å². The number of aromatic nitrogens is 3. The molecule has 1 N–H and O–H groups in total. The van der Waals surface area contributed by atoms with E-state index in [0.29, 0.717) is 10.8 Å². The Kier molecular flexibility index (Phi) is 7.47. The number of alkyl halides is 1. The normalized spacial score (nSPS) is 12.6. The van der Waals surface area contributed by atoms with Crippen LogP contribution >= 0.6 is 57.9 Å². The topological polar surface area (TPSA) is 94.1 Å². The highest BCUT2D eigenvalue weighted by Crippen LogP contribution is 2.33. The SMILES string of the molecule is COc1nc(SCC(Cl)c2nccs2)cnc1NS(=O)(=O)c1cccc(Cl)c1Cl. The fourth-order valence-corrected chi connectivity index (χ4v) is 5.77. The van der Waals surface area contributed by atoms with Crippen molar-refractivity contribution < 1.29 is 13.2 Å². The fourth-order valence-electron chi connectivity index (χ4n) is 2.13. The van der Waals surface area contributed by atoms with Crippen LogP contribution in [-0.4, -0.2) is 36.2 Å². The van der Waals surface area contributed by atoms with Gasteiger partial charge in [0.25, 0.3) is 15.9 Å². The molecule has 0 aliphatic carbocycles. The van der Waals surface area contributed by atoms with Crippen molar-refractivity contribution in [2.24, 2.45) is 0 Å². The lowest BCUT2D eigenvalue weighted by molar-refractivity contribution is 0.394. The molecule has 3 aromatic rings. The highest BCUT2D eigenvalue weighted by atomic mass is 35.5. The van der Waals surface area contributed by atoms with Crippen molar-refractivity contribution in [3.05, 3.63) is 51.0 Å². The van der Waals surface area contributed by atoms with Crippen molar-refractivity contribution in [2.75, 3.05) is 17.6 Å². The molecule has 7 nitrogen and oxygen atoms in total. The molecule has 1 atom stereocenters. The Morgan fingerprint density at radius 1 is 1.31 bits per heavy atom.